The molecule has 4 aromatic rings. The van der Waals surface area contributed by atoms with Crippen LogP contribution in [0.25, 0.3) is 27.9 Å². The molecule has 5 heterocycles. The van der Waals surface area contributed by atoms with Gasteiger partial charge in [-0.2, -0.15) is 9.61 Å². The molecule has 0 aromatic carbocycles. The summed E-state index contributed by atoms with van der Waals surface area (Å²) in [4.78, 5) is 22.1. The maximum Gasteiger partial charge on any atom is 0.257 e. The first-order valence-corrected chi connectivity index (χ1v) is 11.3. The van der Waals surface area contributed by atoms with Crippen LogP contribution in [0.5, 0.6) is 0 Å². The highest BCUT2D eigenvalue weighted by molar-refractivity contribution is 6.01. The first-order valence-electron chi connectivity index (χ1n) is 11.3. The van der Waals surface area contributed by atoms with E-state index in [1.54, 1.807) is 17.8 Å². The molecule has 2 fully saturated rings. The normalized spacial score (nSPS) is 24.4. The fourth-order valence-electron chi connectivity index (χ4n) is 4.57. The molecule has 176 valence electrons. The Morgan fingerprint density at radius 3 is 2.97 bits per heavy atom. The van der Waals surface area contributed by atoms with Crippen LogP contribution in [0.1, 0.15) is 29.2 Å². The molecular formula is C23H24FN7O3. The van der Waals surface area contributed by atoms with Crippen molar-refractivity contribution in [2.45, 2.75) is 37.2 Å². The lowest BCUT2D eigenvalue weighted by molar-refractivity contribution is -0.0375. The number of carbonyl (C=O) groups excluding carboxylic acids is 1. The highest BCUT2D eigenvalue weighted by Gasteiger charge is 2.39. The Bertz CT molecular complexity index is 1400. The number of pyridine rings is 1. The van der Waals surface area contributed by atoms with Crippen LogP contribution in [0.15, 0.2) is 36.8 Å². The minimum absolute atomic E-state index is 0.170. The lowest BCUT2D eigenvalue weighted by atomic mass is 10.1. The van der Waals surface area contributed by atoms with Crippen molar-refractivity contribution < 1.29 is 19.0 Å². The predicted molar refractivity (Wildman–Crippen MR) is 123 cm³/mol. The number of aliphatic hydroxyl groups excluding tert-OH is 1. The molecule has 4 aromatic heterocycles. The lowest BCUT2D eigenvalue weighted by Gasteiger charge is -2.29. The van der Waals surface area contributed by atoms with Crippen molar-refractivity contribution in [2.24, 2.45) is 0 Å². The molecule has 6 rings (SSSR count). The largest absolute Gasteiger partial charge is 0.389 e. The number of rotatable bonds is 5. The van der Waals surface area contributed by atoms with Crippen LogP contribution in [0.2, 0.25) is 0 Å². The van der Waals surface area contributed by atoms with E-state index in [0.717, 1.165) is 16.6 Å². The molecule has 1 aliphatic heterocycles. The Balaban J connectivity index is 1.49. The number of aliphatic hydroxyl groups is 1. The number of carbonyl (C=O) groups is 1. The van der Waals surface area contributed by atoms with E-state index in [0.29, 0.717) is 36.6 Å². The van der Waals surface area contributed by atoms with Crippen LogP contribution in [0, 0.1) is 0 Å². The van der Waals surface area contributed by atoms with Gasteiger partial charge >= 0.3 is 0 Å². The van der Waals surface area contributed by atoms with E-state index in [-0.39, 0.29) is 18.2 Å². The third-order valence-corrected chi connectivity index (χ3v) is 6.52. The van der Waals surface area contributed by atoms with E-state index < -0.39 is 24.2 Å². The minimum Gasteiger partial charge on any atom is -0.389 e. The Labute approximate surface area is 193 Å². The number of nitrogens with zero attached hydrogens (tertiary/aromatic N) is 5. The molecule has 2 aliphatic rings. The molecule has 1 aliphatic carbocycles. The van der Waals surface area contributed by atoms with Crippen molar-refractivity contribution in [1.29, 1.82) is 0 Å². The second-order valence-electron chi connectivity index (χ2n) is 8.72. The average Bonchev–Trinajstić information content (AvgIpc) is 3.23. The monoisotopic (exact) mass is 465 g/mol. The molecule has 0 unspecified atom stereocenters. The number of fused-ring (bicyclic) bond motifs is 2. The number of hydrogen-bond acceptors (Lipinski definition) is 7. The Morgan fingerprint density at radius 1 is 1.35 bits per heavy atom. The van der Waals surface area contributed by atoms with Gasteiger partial charge in [0.1, 0.15) is 23.2 Å². The molecule has 11 heteroatoms. The summed E-state index contributed by atoms with van der Waals surface area (Å²) in [7, 11) is 1.76. The van der Waals surface area contributed by atoms with Crippen molar-refractivity contribution in [3.8, 4) is 11.3 Å². The van der Waals surface area contributed by atoms with Gasteiger partial charge in [0.25, 0.3) is 5.91 Å². The van der Waals surface area contributed by atoms with Crippen LogP contribution in [-0.2, 0) is 4.74 Å². The van der Waals surface area contributed by atoms with Gasteiger partial charge in [0, 0.05) is 49.5 Å². The zero-order valence-electron chi connectivity index (χ0n) is 18.5. The summed E-state index contributed by atoms with van der Waals surface area (Å²) in [6.45, 7) is 0.836. The van der Waals surface area contributed by atoms with Crippen molar-refractivity contribution in [2.75, 3.05) is 25.6 Å². The summed E-state index contributed by atoms with van der Waals surface area (Å²) in [5.41, 5.74) is 2.83. The standard InChI is InChI=1S/C23H24FN7O3/c1-25-20-8-16(28-22-13(9-27-31(20)22)23(33)29-17-7-15(17)24)14-10-30(18-4-6-34-11-19(18)32)21-12(14)3-2-5-26-21/h2-3,5,8-10,15,17-19,25,32H,4,6-7,11H2,1H3,(H,29,33)/t15-,17+,18-,19-/m0/s1. The lowest BCUT2D eigenvalue weighted by Crippen LogP contribution is -2.34. The Morgan fingerprint density at radius 2 is 2.21 bits per heavy atom. The third kappa shape index (κ3) is 3.39. The number of ether oxygens (including phenoxy) is 1. The molecule has 0 spiro atoms. The molecule has 0 radical (unpaired) electrons. The van der Waals surface area contributed by atoms with Gasteiger partial charge < -0.3 is 25.0 Å². The number of halogens is 1. The van der Waals surface area contributed by atoms with Crippen molar-refractivity contribution in [3.63, 3.8) is 0 Å². The second kappa shape index (κ2) is 8.03. The van der Waals surface area contributed by atoms with Crippen LogP contribution in [0.4, 0.5) is 10.2 Å². The van der Waals surface area contributed by atoms with Gasteiger partial charge in [0.2, 0.25) is 0 Å². The molecule has 3 N–H and O–H groups in total. The zero-order chi connectivity index (χ0) is 23.4. The second-order valence-corrected chi connectivity index (χ2v) is 8.72. The molecule has 1 saturated heterocycles. The van der Waals surface area contributed by atoms with Gasteiger partial charge in [-0.25, -0.2) is 14.4 Å². The zero-order valence-corrected chi connectivity index (χ0v) is 18.5. The minimum atomic E-state index is -0.999. The van der Waals surface area contributed by atoms with Gasteiger partial charge in [0.05, 0.1) is 36.7 Å². The van der Waals surface area contributed by atoms with E-state index in [2.05, 4.69) is 20.7 Å². The summed E-state index contributed by atoms with van der Waals surface area (Å²) < 4.78 is 22.3. The fourth-order valence-corrected chi connectivity index (χ4v) is 4.57. The van der Waals surface area contributed by atoms with Crippen LogP contribution < -0.4 is 10.6 Å². The number of hydrogen-bond donors (Lipinski definition) is 3. The maximum atomic E-state index is 13.3. The first-order chi connectivity index (χ1) is 16.5. The van der Waals surface area contributed by atoms with Gasteiger partial charge in [0.15, 0.2) is 5.65 Å². The number of nitrogens with one attached hydrogen (secondary N) is 2. The summed E-state index contributed by atoms with van der Waals surface area (Å²) in [6.07, 6.45) is 4.47. The molecule has 1 amide bonds. The number of alkyl halides is 1. The van der Waals surface area contributed by atoms with Gasteiger partial charge in [-0.3, -0.25) is 4.79 Å². The van der Waals surface area contributed by atoms with Gasteiger partial charge in [-0.05, 0) is 18.6 Å². The van der Waals surface area contributed by atoms with Gasteiger partial charge in [-0.15, -0.1) is 0 Å². The third-order valence-electron chi connectivity index (χ3n) is 6.52. The predicted octanol–water partition coefficient (Wildman–Crippen LogP) is 1.95. The average molecular weight is 465 g/mol. The van der Waals surface area contributed by atoms with E-state index in [1.807, 2.05) is 29.0 Å². The van der Waals surface area contributed by atoms with Crippen molar-refractivity contribution in [1.82, 2.24) is 29.5 Å². The smallest absolute Gasteiger partial charge is 0.257 e. The summed E-state index contributed by atoms with van der Waals surface area (Å²) in [5.74, 6) is 0.242. The molecular weight excluding hydrogens is 441 g/mol. The molecule has 10 nitrogen and oxygen atoms in total. The topological polar surface area (TPSA) is 119 Å². The SMILES string of the molecule is CNc1cc(-c2cn([C@H]3CCOC[C@@H]3O)c3ncccc23)nc2c(C(=O)N[C@@H]3C[C@@H]3F)cnn12. The van der Waals surface area contributed by atoms with E-state index in [9.17, 15) is 14.3 Å². The van der Waals surface area contributed by atoms with Crippen molar-refractivity contribution >= 4 is 28.4 Å². The fraction of sp³-hybridized carbons (Fsp3) is 0.391. The highest BCUT2D eigenvalue weighted by Crippen LogP contribution is 2.35. The number of anilines is 1. The molecule has 34 heavy (non-hydrogen) atoms. The number of aromatic nitrogens is 5. The first kappa shape index (κ1) is 21.0. The van der Waals surface area contributed by atoms with E-state index in [1.165, 1.54) is 6.20 Å². The summed E-state index contributed by atoms with van der Waals surface area (Å²) in [6, 6.07) is 5.05. The molecule has 4 atom stereocenters. The van der Waals surface area contributed by atoms with Gasteiger partial charge in [-0.1, -0.05) is 0 Å². The Kier molecular flexibility index (Phi) is 4.96. The summed E-state index contributed by atoms with van der Waals surface area (Å²) in [5, 5.41) is 21.6. The highest BCUT2D eigenvalue weighted by atomic mass is 19.1. The number of amides is 1. The van der Waals surface area contributed by atoms with Crippen LogP contribution >= 0.6 is 0 Å². The van der Waals surface area contributed by atoms with E-state index in [4.69, 9.17) is 9.72 Å². The van der Waals surface area contributed by atoms with Crippen LogP contribution in [-0.4, -0.2) is 73.7 Å². The summed E-state index contributed by atoms with van der Waals surface area (Å²) >= 11 is 0. The van der Waals surface area contributed by atoms with Crippen LogP contribution in [0.3, 0.4) is 0 Å². The van der Waals surface area contributed by atoms with E-state index >= 15 is 0 Å². The maximum absolute atomic E-state index is 13.3. The molecule has 1 saturated carbocycles. The van der Waals surface area contributed by atoms with Crippen molar-refractivity contribution in [3.05, 3.63) is 42.4 Å². The Hall–Kier alpha value is -3.57. The quantitative estimate of drug-likeness (QED) is 0.412. The molecule has 0 bridgehead atoms.